The fraction of sp³-hybridized carbons (Fsp3) is 0.406. The Bertz CT molecular complexity index is 1550. The number of halogens is 3. The maximum Gasteiger partial charge on any atom is 0.406 e. The highest BCUT2D eigenvalue weighted by molar-refractivity contribution is 6.06. The van der Waals surface area contributed by atoms with E-state index < -0.39 is 42.4 Å². The van der Waals surface area contributed by atoms with Gasteiger partial charge in [-0.2, -0.15) is 13.2 Å². The molecule has 10 heteroatoms. The number of pyridine rings is 1. The van der Waals surface area contributed by atoms with E-state index in [1.54, 1.807) is 13.1 Å². The molecular weight excluding hydrogens is 545 g/mol. The van der Waals surface area contributed by atoms with Gasteiger partial charge in [-0.1, -0.05) is 54.6 Å². The van der Waals surface area contributed by atoms with Crippen molar-refractivity contribution in [2.75, 3.05) is 18.5 Å². The van der Waals surface area contributed by atoms with Gasteiger partial charge in [-0.25, -0.2) is 4.98 Å². The summed E-state index contributed by atoms with van der Waals surface area (Å²) >= 11 is 0. The van der Waals surface area contributed by atoms with Crippen LogP contribution in [0.2, 0.25) is 0 Å². The van der Waals surface area contributed by atoms with Crippen LogP contribution in [-0.2, 0) is 32.6 Å². The lowest BCUT2D eigenvalue weighted by atomic mass is 9.79. The number of hydrogen-bond donors (Lipinski definition) is 2. The SMILES string of the molecule is C[C@@H]1[C@H](c2ccccc2)C[C@H](NC2OCC2c2ccc3c(c2)C[C@@]2(C3)C(=O)Nc3ncccc32)C(=O)N1CC(F)(F)F. The summed E-state index contributed by atoms with van der Waals surface area (Å²) in [5.41, 5.74) is 4.37. The predicted molar refractivity (Wildman–Crippen MR) is 149 cm³/mol. The third-order valence-electron chi connectivity index (χ3n) is 9.54. The molecule has 0 radical (unpaired) electrons. The molecule has 2 aromatic carbocycles. The molecule has 4 heterocycles. The first-order valence-corrected chi connectivity index (χ1v) is 14.3. The molecule has 1 aromatic heterocycles. The molecule has 2 fully saturated rings. The van der Waals surface area contributed by atoms with E-state index in [4.69, 9.17) is 4.74 Å². The lowest BCUT2D eigenvalue weighted by molar-refractivity contribution is -0.174. The van der Waals surface area contributed by atoms with Crippen LogP contribution in [0.15, 0.2) is 66.9 Å². The summed E-state index contributed by atoms with van der Waals surface area (Å²) in [4.78, 5) is 31.8. The average Bonchev–Trinajstić information content (AvgIpc) is 3.46. The second-order valence-corrected chi connectivity index (χ2v) is 12.0. The minimum Gasteiger partial charge on any atom is -0.362 e. The van der Waals surface area contributed by atoms with Crippen LogP contribution in [0.5, 0.6) is 0 Å². The Labute approximate surface area is 241 Å². The Kier molecular flexibility index (Phi) is 6.40. The Balaban J connectivity index is 1.11. The van der Waals surface area contributed by atoms with Gasteiger partial charge in [0.25, 0.3) is 0 Å². The number of piperidine rings is 1. The van der Waals surface area contributed by atoms with Crippen LogP contribution in [0.4, 0.5) is 19.0 Å². The van der Waals surface area contributed by atoms with Gasteiger partial charge in [0.2, 0.25) is 11.8 Å². The fourth-order valence-corrected chi connectivity index (χ4v) is 7.28. The molecule has 2 unspecified atom stereocenters. The molecule has 3 aliphatic heterocycles. The van der Waals surface area contributed by atoms with Crippen molar-refractivity contribution in [1.82, 2.24) is 15.2 Å². The quantitative estimate of drug-likeness (QED) is 0.470. The van der Waals surface area contributed by atoms with Gasteiger partial charge in [-0.3, -0.25) is 14.9 Å². The van der Waals surface area contributed by atoms with Crippen LogP contribution >= 0.6 is 0 Å². The van der Waals surface area contributed by atoms with Gasteiger partial charge in [0.05, 0.1) is 18.1 Å². The summed E-state index contributed by atoms with van der Waals surface area (Å²) in [6, 6.07) is 18.0. The van der Waals surface area contributed by atoms with E-state index in [-0.39, 0.29) is 17.7 Å². The van der Waals surface area contributed by atoms with Gasteiger partial charge in [0.15, 0.2) is 0 Å². The number of carbonyl (C=O) groups is 2. The Morgan fingerprint density at radius 3 is 2.55 bits per heavy atom. The van der Waals surface area contributed by atoms with Gasteiger partial charge in [-0.15, -0.1) is 0 Å². The summed E-state index contributed by atoms with van der Waals surface area (Å²) < 4.78 is 46.4. The molecule has 7 rings (SSSR count). The number of nitrogens with zero attached hydrogens (tertiary/aromatic N) is 2. The van der Waals surface area contributed by atoms with Gasteiger partial charge >= 0.3 is 6.18 Å². The molecule has 0 saturated carbocycles. The maximum absolute atomic E-state index is 13.5. The zero-order chi connectivity index (χ0) is 29.2. The van der Waals surface area contributed by atoms with E-state index in [2.05, 4.69) is 27.8 Å². The molecular formula is C32H31F3N4O3. The Hall–Kier alpha value is -3.76. The van der Waals surface area contributed by atoms with E-state index >= 15 is 0 Å². The first kappa shape index (κ1) is 27.1. The van der Waals surface area contributed by atoms with Crippen molar-refractivity contribution in [2.45, 2.75) is 67.9 Å². The number of benzene rings is 2. The number of hydrogen-bond acceptors (Lipinski definition) is 5. The van der Waals surface area contributed by atoms with E-state index in [0.29, 0.717) is 31.7 Å². The molecule has 42 heavy (non-hydrogen) atoms. The second kappa shape index (κ2) is 9.91. The van der Waals surface area contributed by atoms with Crippen molar-refractivity contribution < 1.29 is 27.5 Å². The molecule has 1 spiro atoms. The van der Waals surface area contributed by atoms with Crippen LogP contribution in [-0.4, -0.2) is 59.3 Å². The number of nitrogens with one attached hydrogen (secondary N) is 2. The summed E-state index contributed by atoms with van der Waals surface area (Å²) in [6.07, 6.45) is -1.80. The lowest BCUT2D eigenvalue weighted by Crippen LogP contribution is -2.62. The molecule has 218 valence electrons. The molecule has 3 aromatic rings. The Morgan fingerprint density at radius 2 is 1.81 bits per heavy atom. The predicted octanol–water partition coefficient (Wildman–Crippen LogP) is 4.44. The van der Waals surface area contributed by atoms with Crippen molar-refractivity contribution in [2.24, 2.45) is 0 Å². The fourth-order valence-electron chi connectivity index (χ4n) is 7.28. The van der Waals surface area contributed by atoms with E-state index in [9.17, 15) is 22.8 Å². The van der Waals surface area contributed by atoms with Crippen LogP contribution in [0.3, 0.4) is 0 Å². The lowest BCUT2D eigenvalue weighted by Gasteiger charge is -2.46. The Morgan fingerprint density at radius 1 is 1.02 bits per heavy atom. The standard InChI is InChI=1S/C32H31F3N4O3/c1-18-23(19-6-3-2-4-7-19)13-26(29(40)39(18)17-32(33,34)35)37-28-24(16-42-28)20-9-10-21-14-31(15-22(21)12-20)25-8-5-11-36-27(25)38-30(31)41/h2-12,18,23-24,26,28,37H,13-17H2,1H3,(H,36,38,41)/t18-,23-,24?,26+,28?,31-/m1/s1. The van der Waals surface area contributed by atoms with Crippen molar-refractivity contribution in [3.63, 3.8) is 0 Å². The smallest absolute Gasteiger partial charge is 0.362 e. The zero-order valence-electron chi connectivity index (χ0n) is 23.0. The first-order valence-electron chi connectivity index (χ1n) is 14.3. The number of aromatic nitrogens is 1. The summed E-state index contributed by atoms with van der Waals surface area (Å²) in [7, 11) is 0. The van der Waals surface area contributed by atoms with Gasteiger partial charge in [0.1, 0.15) is 18.6 Å². The highest BCUT2D eigenvalue weighted by Crippen LogP contribution is 2.47. The monoisotopic (exact) mass is 576 g/mol. The van der Waals surface area contributed by atoms with Crippen molar-refractivity contribution in [1.29, 1.82) is 0 Å². The second-order valence-electron chi connectivity index (χ2n) is 12.0. The first-order chi connectivity index (χ1) is 20.1. The number of anilines is 1. The molecule has 6 atom stereocenters. The van der Waals surface area contributed by atoms with Crippen molar-refractivity contribution >= 4 is 17.6 Å². The average molecular weight is 577 g/mol. The largest absolute Gasteiger partial charge is 0.406 e. The summed E-state index contributed by atoms with van der Waals surface area (Å²) in [6.45, 7) is 0.833. The molecule has 0 bridgehead atoms. The molecule has 7 nitrogen and oxygen atoms in total. The van der Waals surface area contributed by atoms with Crippen LogP contribution in [0, 0.1) is 0 Å². The highest BCUT2D eigenvalue weighted by Gasteiger charge is 2.52. The topological polar surface area (TPSA) is 83.6 Å². The molecule has 1 aliphatic carbocycles. The molecule has 4 aliphatic rings. The molecule has 2 saturated heterocycles. The number of ether oxygens (including phenoxy) is 1. The number of fused-ring (bicyclic) bond motifs is 3. The minimum atomic E-state index is -4.50. The van der Waals surface area contributed by atoms with Crippen LogP contribution < -0.4 is 10.6 Å². The number of carbonyl (C=O) groups excluding carboxylic acids is 2. The molecule has 2 N–H and O–H groups in total. The van der Waals surface area contributed by atoms with Crippen molar-refractivity contribution in [3.8, 4) is 0 Å². The van der Waals surface area contributed by atoms with E-state index in [1.807, 2.05) is 48.5 Å². The third-order valence-corrected chi connectivity index (χ3v) is 9.54. The third kappa shape index (κ3) is 4.48. The van der Waals surface area contributed by atoms with Gasteiger partial charge in [-0.05, 0) is 54.5 Å². The minimum absolute atomic E-state index is 0.0399. The van der Waals surface area contributed by atoms with Crippen molar-refractivity contribution in [3.05, 3.63) is 94.7 Å². The number of amides is 2. The van der Waals surface area contributed by atoms with Gasteiger partial charge in [0, 0.05) is 29.6 Å². The number of alkyl halides is 3. The normalized spacial score (nSPS) is 30.2. The van der Waals surface area contributed by atoms with E-state index in [1.165, 1.54) is 0 Å². The number of rotatable bonds is 5. The van der Waals surface area contributed by atoms with Crippen LogP contribution in [0.1, 0.15) is 53.0 Å². The summed E-state index contributed by atoms with van der Waals surface area (Å²) in [5.74, 6) is -0.310. The maximum atomic E-state index is 13.5. The van der Waals surface area contributed by atoms with E-state index in [0.717, 1.165) is 32.7 Å². The molecule has 2 amide bonds. The van der Waals surface area contributed by atoms with Crippen LogP contribution in [0.25, 0.3) is 0 Å². The summed E-state index contributed by atoms with van der Waals surface area (Å²) in [5, 5.41) is 6.20. The van der Waals surface area contributed by atoms with Gasteiger partial charge < -0.3 is 15.0 Å². The number of likely N-dealkylation sites (tertiary alicyclic amines) is 1. The highest BCUT2D eigenvalue weighted by atomic mass is 19.4. The zero-order valence-corrected chi connectivity index (χ0v) is 23.0.